The Bertz CT molecular complexity index is 403. The Kier molecular flexibility index (Phi) is 3.95. The number of halogens is 1. The van der Waals surface area contributed by atoms with Gasteiger partial charge in [0.25, 0.3) is 0 Å². The van der Waals surface area contributed by atoms with Crippen molar-refractivity contribution in [2.45, 2.75) is 25.7 Å². The number of fused-ring (bicyclic) bond motifs is 1. The van der Waals surface area contributed by atoms with Crippen molar-refractivity contribution in [2.75, 3.05) is 32.1 Å². The van der Waals surface area contributed by atoms with E-state index >= 15 is 0 Å². The maximum absolute atomic E-state index is 6.22. The molecule has 1 N–H and O–H groups in total. The number of hydrogen-bond donors (Lipinski definition) is 1. The number of hydrogen-bond acceptors (Lipinski definition) is 2. The molecule has 0 saturated heterocycles. The highest BCUT2D eigenvalue weighted by molar-refractivity contribution is 6.31. The molecule has 1 heterocycles. The van der Waals surface area contributed by atoms with E-state index in [-0.39, 0.29) is 0 Å². The molecule has 1 aliphatic heterocycles. The molecule has 0 saturated carbocycles. The summed E-state index contributed by atoms with van der Waals surface area (Å²) in [4.78, 5) is 2.34. The van der Waals surface area contributed by atoms with Gasteiger partial charge in [-0.1, -0.05) is 17.7 Å². The van der Waals surface area contributed by atoms with Gasteiger partial charge in [0.05, 0.1) is 0 Å². The molecule has 0 bridgehead atoms. The second kappa shape index (κ2) is 5.28. The van der Waals surface area contributed by atoms with Crippen LogP contribution in [0.5, 0.6) is 0 Å². The summed E-state index contributed by atoms with van der Waals surface area (Å²) in [5, 5.41) is 4.12. The molecule has 1 unspecified atom stereocenters. The summed E-state index contributed by atoms with van der Waals surface area (Å²) in [6.07, 6.45) is 2.45. The van der Waals surface area contributed by atoms with Gasteiger partial charge in [0.15, 0.2) is 0 Å². The monoisotopic (exact) mass is 252 g/mol. The molecule has 94 valence electrons. The van der Waals surface area contributed by atoms with E-state index in [0.717, 1.165) is 18.1 Å². The Labute approximate surface area is 109 Å². The number of rotatable bonds is 3. The third-order valence-corrected chi connectivity index (χ3v) is 4.18. The van der Waals surface area contributed by atoms with Crippen molar-refractivity contribution >= 4 is 17.3 Å². The van der Waals surface area contributed by atoms with Gasteiger partial charge in [-0.25, -0.2) is 0 Å². The first kappa shape index (κ1) is 12.7. The topological polar surface area (TPSA) is 15.3 Å². The molecule has 17 heavy (non-hydrogen) atoms. The van der Waals surface area contributed by atoms with Crippen molar-refractivity contribution in [3.63, 3.8) is 0 Å². The van der Waals surface area contributed by atoms with Crippen molar-refractivity contribution in [3.05, 3.63) is 28.3 Å². The van der Waals surface area contributed by atoms with Crippen molar-refractivity contribution in [1.82, 2.24) is 5.32 Å². The van der Waals surface area contributed by atoms with Crippen LogP contribution in [0.4, 0.5) is 5.69 Å². The highest BCUT2D eigenvalue weighted by Crippen LogP contribution is 2.40. The van der Waals surface area contributed by atoms with Crippen LogP contribution in [-0.4, -0.2) is 27.2 Å². The first-order chi connectivity index (χ1) is 8.15. The van der Waals surface area contributed by atoms with Gasteiger partial charge in [-0.2, -0.15) is 0 Å². The van der Waals surface area contributed by atoms with Crippen molar-refractivity contribution in [1.29, 1.82) is 0 Å². The largest absolute Gasteiger partial charge is 0.374 e. The number of benzene rings is 1. The maximum atomic E-state index is 6.22. The average molecular weight is 253 g/mol. The van der Waals surface area contributed by atoms with Gasteiger partial charge in [0.2, 0.25) is 0 Å². The third-order valence-electron chi connectivity index (χ3n) is 3.77. The third kappa shape index (κ3) is 2.43. The fourth-order valence-electron chi connectivity index (χ4n) is 2.77. The van der Waals surface area contributed by atoms with E-state index in [9.17, 15) is 0 Å². The minimum absolute atomic E-state index is 0.671. The summed E-state index contributed by atoms with van der Waals surface area (Å²) < 4.78 is 0. The van der Waals surface area contributed by atoms with Crippen molar-refractivity contribution in [2.24, 2.45) is 0 Å². The van der Waals surface area contributed by atoms with E-state index in [1.165, 1.54) is 29.7 Å². The van der Waals surface area contributed by atoms with E-state index in [0.29, 0.717) is 5.92 Å². The second-order valence-corrected chi connectivity index (χ2v) is 5.32. The summed E-state index contributed by atoms with van der Waals surface area (Å²) in [6, 6.07) is 4.25. The standard InChI is InChI=1S/C14H21ClN2/c1-10-13(15)5-4-12-11(6-8-16-2)7-9-17(3)14(10)12/h4-5,11,16H,6-9H2,1-3H3. The van der Waals surface area contributed by atoms with Gasteiger partial charge < -0.3 is 10.2 Å². The minimum atomic E-state index is 0.671. The van der Waals surface area contributed by atoms with E-state index in [1.54, 1.807) is 0 Å². The van der Waals surface area contributed by atoms with E-state index in [4.69, 9.17) is 11.6 Å². The van der Waals surface area contributed by atoms with Crippen LogP contribution in [0, 0.1) is 6.92 Å². The summed E-state index contributed by atoms with van der Waals surface area (Å²) in [7, 11) is 4.18. The van der Waals surface area contributed by atoms with Crippen LogP contribution in [0.25, 0.3) is 0 Å². The second-order valence-electron chi connectivity index (χ2n) is 4.91. The lowest BCUT2D eigenvalue weighted by Gasteiger charge is -2.35. The summed E-state index contributed by atoms with van der Waals surface area (Å²) in [5.41, 5.74) is 4.04. The summed E-state index contributed by atoms with van der Waals surface area (Å²) >= 11 is 6.22. The van der Waals surface area contributed by atoms with Crippen molar-refractivity contribution < 1.29 is 0 Å². The van der Waals surface area contributed by atoms with Crippen LogP contribution in [-0.2, 0) is 0 Å². The van der Waals surface area contributed by atoms with Crippen LogP contribution >= 0.6 is 11.6 Å². The van der Waals surface area contributed by atoms with Gasteiger partial charge in [-0.05, 0) is 56.5 Å². The highest BCUT2D eigenvalue weighted by atomic mass is 35.5. The van der Waals surface area contributed by atoms with Gasteiger partial charge in [0, 0.05) is 24.3 Å². The smallest absolute Gasteiger partial charge is 0.0456 e. The van der Waals surface area contributed by atoms with Gasteiger partial charge in [-0.15, -0.1) is 0 Å². The molecule has 2 rings (SSSR count). The Morgan fingerprint density at radius 1 is 1.47 bits per heavy atom. The predicted molar refractivity (Wildman–Crippen MR) is 75.4 cm³/mol. The zero-order valence-electron chi connectivity index (χ0n) is 10.9. The Balaban J connectivity index is 2.36. The molecule has 2 nitrogen and oxygen atoms in total. The lowest BCUT2D eigenvalue weighted by molar-refractivity contribution is 0.538. The van der Waals surface area contributed by atoms with Gasteiger partial charge in [0.1, 0.15) is 0 Å². The molecule has 1 atom stereocenters. The zero-order chi connectivity index (χ0) is 12.4. The van der Waals surface area contributed by atoms with Crippen LogP contribution < -0.4 is 10.2 Å². The molecular weight excluding hydrogens is 232 g/mol. The van der Waals surface area contributed by atoms with E-state index in [1.807, 2.05) is 13.1 Å². The molecule has 0 radical (unpaired) electrons. The Morgan fingerprint density at radius 3 is 2.94 bits per heavy atom. The average Bonchev–Trinajstić information content (AvgIpc) is 2.32. The molecule has 1 aromatic carbocycles. The number of nitrogens with one attached hydrogen (secondary N) is 1. The van der Waals surface area contributed by atoms with Crippen LogP contribution in [0.3, 0.4) is 0 Å². The first-order valence-corrected chi connectivity index (χ1v) is 6.67. The molecule has 0 aliphatic carbocycles. The lowest BCUT2D eigenvalue weighted by atomic mass is 9.86. The maximum Gasteiger partial charge on any atom is 0.0456 e. The van der Waals surface area contributed by atoms with Crippen LogP contribution in [0.1, 0.15) is 29.9 Å². The predicted octanol–water partition coefficient (Wildman–Crippen LogP) is 3.18. The molecular formula is C14H21ClN2. The number of nitrogens with zero attached hydrogens (tertiary/aromatic N) is 1. The molecule has 1 aromatic rings. The molecule has 0 amide bonds. The molecule has 1 aliphatic rings. The zero-order valence-corrected chi connectivity index (χ0v) is 11.6. The van der Waals surface area contributed by atoms with E-state index in [2.05, 4.69) is 30.3 Å². The van der Waals surface area contributed by atoms with Crippen LogP contribution in [0.15, 0.2) is 12.1 Å². The fraction of sp³-hybridized carbons (Fsp3) is 0.571. The molecule has 0 aromatic heterocycles. The van der Waals surface area contributed by atoms with Gasteiger partial charge >= 0.3 is 0 Å². The highest BCUT2D eigenvalue weighted by Gasteiger charge is 2.24. The Hall–Kier alpha value is -0.730. The SMILES string of the molecule is CNCCC1CCN(C)c2c1ccc(Cl)c2C. The molecule has 3 heteroatoms. The minimum Gasteiger partial charge on any atom is -0.374 e. The summed E-state index contributed by atoms with van der Waals surface area (Å²) in [6.45, 7) is 4.33. The Morgan fingerprint density at radius 2 is 2.24 bits per heavy atom. The van der Waals surface area contributed by atoms with Crippen LogP contribution in [0.2, 0.25) is 5.02 Å². The molecule has 0 spiro atoms. The fourth-order valence-corrected chi connectivity index (χ4v) is 2.92. The summed E-state index contributed by atoms with van der Waals surface area (Å²) in [5.74, 6) is 0.671. The van der Waals surface area contributed by atoms with Gasteiger partial charge in [-0.3, -0.25) is 0 Å². The number of anilines is 1. The molecule has 0 fully saturated rings. The first-order valence-electron chi connectivity index (χ1n) is 6.30. The lowest BCUT2D eigenvalue weighted by Crippen LogP contribution is -2.29. The normalized spacial score (nSPS) is 19.3. The van der Waals surface area contributed by atoms with Crippen molar-refractivity contribution in [3.8, 4) is 0 Å². The van der Waals surface area contributed by atoms with E-state index < -0.39 is 0 Å². The quantitative estimate of drug-likeness (QED) is 0.889.